The Hall–Kier alpha value is -2.44. The highest BCUT2D eigenvalue weighted by Gasteiger charge is 2.17. The first kappa shape index (κ1) is 15.0. The normalized spacial score (nSPS) is 15.8. The van der Waals surface area contributed by atoms with Gasteiger partial charge in [-0.3, -0.25) is 0 Å². The number of nitrogens with zero attached hydrogens (tertiary/aromatic N) is 2. The molecule has 0 spiro atoms. The highest BCUT2D eigenvalue weighted by atomic mass is 16.3. The second-order valence-electron chi connectivity index (χ2n) is 5.18. The lowest BCUT2D eigenvalue weighted by molar-refractivity contribution is 0.116. The van der Waals surface area contributed by atoms with Crippen molar-refractivity contribution in [2.24, 2.45) is 0 Å². The zero-order valence-corrected chi connectivity index (χ0v) is 12.7. The summed E-state index contributed by atoms with van der Waals surface area (Å²) in [5.41, 5.74) is 4.58. The van der Waals surface area contributed by atoms with E-state index in [1.54, 1.807) is 12.1 Å². The van der Waals surface area contributed by atoms with Crippen LogP contribution in [-0.2, 0) is 0 Å². The molecule has 108 valence electrons. The van der Waals surface area contributed by atoms with Crippen molar-refractivity contribution in [2.75, 3.05) is 20.6 Å². The minimum Gasteiger partial charge on any atom is -0.507 e. The minimum atomic E-state index is 0.216. The first-order valence-electron chi connectivity index (χ1n) is 6.76. The molecule has 0 aliphatic carbocycles. The van der Waals surface area contributed by atoms with Gasteiger partial charge in [-0.1, -0.05) is 24.6 Å². The van der Waals surface area contributed by atoms with Crippen LogP contribution in [0.3, 0.4) is 0 Å². The van der Waals surface area contributed by atoms with E-state index in [0.29, 0.717) is 5.56 Å². The van der Waals surface area contributed by atoms with Gasteiger partial charge in [0.1, 0.15) is 5.75 Å². The first-order chi connectivity index (χ1) is 9.97. The molecule has 0 radical (unpaired) electrons. The number of rotatable bonds is 3. The molecule has 0 fully saturated rings. The van der Waals surface area contributed by atoms with Gasteiger partial charge in [-0.25, -0.2) is 5.01 Å². The first-order valence-corrected chi connectivity index (χ1v) is 6.76. The van der Waals surface area contributed by atoms with Crippen molar-refractivity contribution in [1.82, 2.24) is 10.0 Å². The molecule has 1 aliphatic heterocycles. The van der Waals surface area contributed by atoms with Crippen LogP contribution < -0.4 is 0 Å². The van der Waals surface area contributed by atoms with Crippen molar-refractivity contribution in [3.05, 3.63) is 52.7 Å². The van der Waals surface area contributed by atoms with E-state index in [1.165, 1.54) is 0 Å². The lowest BCUT2D eigenvalue weighted by Crippen LogP contribution is -2.27. The maximum atomic E-state index is 9.97. The monoisotopic (exact) mass is 280 g/mol. The molecule has 0 saturated carbocycles. The molecule has 1 aromatic rings. The summed E-state index contributed by atoms with van der Waals surface area (Å²) in [5, 5.41) is 14.0. The fraction of sp³-hybridized carbons (Fsp3) is 0.222. The molecule has 1 heterocycles. The average molecular weight is 280 g/mol. The number of hydrogen-bond acceptors (Lipinski definition) is 3. The highest BCUT2D eigenvalue weighted by Crippen LogP contribution is 2.29. The summed E-state index contributed by atoms with van der Waals surface area (Å²) in [5.74, 6) is 2.97. The quantitative estimate of drug-likeness (QED) is 0.862. The Labute approximate surface area is 126 Å². The van der Waals surface area contributed by atoms with Crippen LogP contribution in [0.2, 0.25) is 0 Å². The maximum absolute atomic E-state index is 9.97. The Morgan fingerprint density at radius 2 is 2.10 bits per heavy atom. The number of terminal acetylenes is 1. The number of benzene rings is 1. The van der Waals surface area contributed by atoms with Crippen LogP contribution in [0.25, 0.3) is 12.2 Å². The molecule has 0 aromatic heterocycles. The van der Waals surface area contributed by atoms with Gasteiger partial charge in [-0.15, -0.1) is 6.42 Å². The smallest absolute Gasteiger partial charge is 0.123 e. The number of likely N-dealkylation sites (N-methyl/N-ethyl adjacent to an activating group) is 1. The van der Waals surface area contributed by atoms with E-state index in [1.807, 2.05) is 44.4 Å². The number of aromatic hydroxyl groups is 1. The van der Waals surface area contributed by atoms with Gasteiger partial charge < -0.3 is 10.1 Å². The molecular weight excluding hydrogens is 260 g/mol. The number of phenols is 1. The third kappa shape index (κ3) is 2.86. The molecule has 0 saturated heterocycles. The van der Waals surface area contributed by atoms with Crippen LogP contribution in [0.1, 0.15) is 16.7 Å². The molecule has 0 unspecified atom stereocenters. The summed E-state index contributed by atoms with van der Waals surface area (Å²) < 4.78 is 0. The molecule has 3 nitrogen and oxygen atoms in total. The van der Waals surface area contributed by atoms with Crippen molar-refractivity contribution < 1.29 is 5.11 Å². The van der Waals surface area contributed by atoms with Gasteiger partial charge in [0.2, 0.25) is 0 Å². The average Bonchev–Trinajstić information content (AvgIpc) is 2.79. The third-order valence-corrected chi connectivity index (χ3v) is 3.76. The third-order valence-electron chi connectivity index (χ3n) is 3.76. The van der Waals surface area contributed by atoms with E-state index in [9.17, 15) is 5.11 Å². The number of aryl methyl sites for hydroxylation is 1. The molecule has 1 aromatic carbocycles. The van der Waals surface area contributed by atoms with Gasteiger partial charge in [0.25, 0.3) is 0 Å². The Balaban J connectivity index is 2.52. The minimum absolute atomic E-state index is 0.216. The van der Waals surface area contributed by atoms with Gasteiger partial charge in [0.05, 0.1) is 0 Å². The zero-order valence-electron chi connectivity index (χ0n) is 12.7. The summed E-state index contributed by atoms with van der Waals surface area (Å²) in [6.07, 6.45) is 11.3. The molecule has 1 N–H and O–H groups in total. The summed E-state index contributed by atoms with van der Waals surface area (Å²) in [4.78, 5) is 0. The molecule has 0 bridgehead atoms. The van der Waals surface area contributed by atoms with Gasteiger partial charge in [0.15, 0.2) is 0 Å². The standard InChI is InChI=1S/C18H20N2O/c1-6-14(15-11-19(4)20(5)12-15)10-17-13(3)8-9-18(21)16(17)7-2/h1,7-11,21H,2,12H2,3-5H3/b14-10+. The van der Waals surface area contributed by atoms with Crippen LogP contribution >= 0.6 is 0 Å². The molecule has 0 amide bonds. The predicted octanol–water partition coefficient (Wildman–Crippen LogP) is 3.04. The van der Waals surface area contributed by atoms with E-state index in [4.69, 9.17) is 6.42 Å². The Morgan fingerprint density at radius 3 is 2.62 bits per heavy atom. The summed E-state index contributed by atoms with van der Waals surface area (Å²) >= 11 is 0. The van der Waals surface area contributed by atoms with Gasteiger partial charge in [0, 0.05) is 43.5 Å². The summed E-state index contributed by atoms with van der Waals surface area (Å²) in [7, 11) is 3.99. The van der Waals surface area contributed by atoms with E-state index in [2.05, 4.69) is 17.5 Å². The Bertz CT molecular complexity index is 677. The van der Waals surface area contributed by atoms with E-state index in [0.717, 1.165) is 28.8 Å². The van der Waals surface area contributed by atoms with Crippen molar-refractivity contribution >= 4 is 12.2 Å². The highest BCUT2D eigenvalue weighted by molar-refractivity contribution is 5.76. The van der Waals surface area contributed by atoms with Gasteiger partial charge >= 0.3 is 0 Å². The van der Waals surface area contributed by atoms with E-state index in [-0.39, 0.29) is 5.75 Å². The Morgan fingerprint density at radius 1 is 1.38 bits per heavy atom. The maximum Gasteiger partial charge on any atom is 0.123 e. The van der Waals surface area contributed by atoms with Crippen LogP contribution in [0, 0.1) is 19.3 Å². The Kier molecular flexibility index (Phi) is 4.21. The topological polar surface area (TPSA) is 26.7 Å². The van der Waals surface area contributed by atoms with Crippen molar-refractivity contribution in [1.29, 1.82) is 0 Å². The van der Waals surface area contributed by atoms with Crippen LogP contribution in [0.15, 0.2) is 36.1 Å². The summed E-state index contributed by atoms with van der Waals surface area (Å²) in [6, 6.07) is 3.55. The molecule has 1 aliphatic rings. The van der Waals surface area contributed by atoms with Crippen molar-refractivity contribution in [2.45, 2.75) is 6.92 Å². The molecular formula is C18H20N2O. The fourth-order valence-electron chi connectivity index (χ4n) is 2.39. The van der Waals surface area contributed by atoms with E-state index < -0.39 is 0 Å². The molecule has 3 heteroatoms. The zero-order chi connectivity index (χ0) is 15.6. The summed E-state index contributed by atoms with van der Waals surface area (Å²) in [6.45, 7) is 6.54. The lowest BCUT2D eigenvalue weighted by atomic mass is 9.96. The van der Waals surface area contributed by atoms with E-state index >= 15 is 0 Å². The second-order valence-corrected chi connectivity index (χ2v) is 5.18. The number of phenolic OH excluding ortho intramolecular Hbond substituents is 1. The molecule has 2 rings (SSSR count). The van der Waals surface area contributed by atoms with Gasteiger partial charge in [-0.05, 0) is 30.2 Å². The molecule has 21 heavy (non-hydrogen) atoms. The lowest BCUT2D eigenvalue weighted by Gasteiger charge is -2.18. The molecule has 0 atom stereocenters. The van der Waals surface area contributed by atoms with Crippen molar-refractivity contribution in [3.63, 3.8) is 0 Å². The van der Waals surface area contributed by atoms with Crippen LogP contribution in [0.4, 0.5) is 0 Å². The number of hydrogen-bond donors (Lipinski definition) is 1. The largest absolute Gasteiger partial charge is 0.507 e. The van der Waals surface area contributed by atoms with Crippen LogP contribution in [0.5, 0.6) is 5.75 Å². The van der Waals surface area contributed by atoms with Crippen LogP contribution in [-0.4, -0.2) is 35.8 Å². The van der Waals surface area contributed by atoms with Gasteiger partial charge in [-0.2, -0.15) is 0 Å². The number of hydrazine groups is 1. The fourth-order valence-corrected chi connectivity index (χ4v) is 2.39. The predicted molar refractivity (Wildman–Crippen MR) is 88.2 cm³/mol. The van der Waals surface area contributed by atoms with Crippen molar-refractivity contribution in [3.8, 4) is 18.1 Å². The SMILES string of the molecule is C#C/C(=C\c1c(C)ccc(O)c1C=C)C1=CN(C)N(C)C1. The second kappa shape index (κ2) is 5.90.